The third-order valence-corrected chi connectivity index (χ3v) is 5.51. The van der Waals surface area contributed by atoms with Gasteiger partial charge in [0, 0.05) is 16.5 Å². The van der Waals surface area contributed by atoms with E-state index in [0.29, 0.717) is 5.82 Å². The van der Waals surface area contributed by atoms with Crippen LogP contribution < -0.4 is 5.73 Å². The molecule has 5 nitrogen and oxygen atoms in total. The molecule has 3 aromatic heterocycles. The number of fused-ring (bicyclic) bond motifs is 1. The number of aryl methyl sites for hydroxylation is 4. The van der Waals surface area contributed by atoms with E-state index in [1.165, 1.54) is 21.6 Å². The molecule has 0 aliphatic heterocycles. The molecule has 0 unspecified atom stereocenters. The lowest BCUT2D eigenvalue weighted by Crippen LogP contribution is -2.05. The number of aromatic nitrogens is 4. The molecule has 1 aromatic carbocycles. The van der Waals surface area contributed by atoms with Gasteiger partial charge in [-0.1, -0.05) is 18.2 Å². The van der Waals surface area contributed by atoms with Gasteiger partial charge < -0.3 is 5.73 Å². The molecule has 126 valence electrons. The van der Waals surface area contributed by atoms with Gasteiger partial charge in [-0.2, -0.15) is 9.78 Å². The first-order valence-corrected chi connectivity index (χ1v) is 8.91. The van der Waals surface area contributed by atoms with Crippen molar-refractivity contribution in [3.8, 4) is 16.9 Å². The Morgan fingerprint density at radius 3 is 2.48 bits per heavy atom. The quantitative estimate of drug-likeness (QED) is 0.584. The SMILES string of the molecule is Cc1cc(N)n(-c2ncnc3sc(C)c(-c4ccc(C)c(C)c4)c23)n1. The van der Waals surface area contributed by atoms with Crippen LogP contribution in [-0.4, -0.2) is 19.7 Å². The second-order valence-corrected chi connectivity index (χ2v) is 7.54. The van der Waals surface area contributed by atoms with Crippen LogP contribution in [0, 0.1) is 27.7 Å². The Morgan fingerprint density at radius 2 is 1.80 bits per heavy atom. The largest absolute Gasteiger partial charge is 0.384 e. The summed E-state index contributed by atoms with van der Waals surface area (Å²) < 4.78 is 1.70. The number of hydrogen-bond acceptors (Lipinski definition) is 5. The number of nitrogens with two attached hydrogens (primary N) is 1. The molecule has 6 heteroatoms. The van der Waals surface area contributed by atoms with Crippen LogP contribution in [0.5, 0.6) is 0 Å². The summed E-state index contributed by atoms with van der Waals surface area (Å²) in [4.78, 5) is 11.1. The lowest BCUT2D eigenvalue weighted by Gasteiger charge is -2.09. The molecule has 25 heavy (non-hydrogen) atoms. The number of benzene rings is 1. The Labute approximate surface area is 150 Å². The molecule has 0 atom stereocenters. The van der Waals surface area contributed by atoms with Crippen LogP contribution in [0.1, 0.15) is 21.7 Å². The van der Waals surface area contributed by atoms with Crippen molar-refractivity contribution >= 4 is 27.4 Å². The highest BCUT2D eigenvalue weighted by Crippen LogP contribution is 2.40. The average Bonchev–Trinajstić information content (AvgIpc) is 3.08. The van der Waals surface area contributed by atoms with Gasteiger partial charge >= 0.3 is 0 Å². The van der Waals surface area contributed by atoms with Gasteiger partial charge in [0.2, 0.25) is 0 Å². The van der Waals surface area contributed by atoms with Crippen LogP contribution in [0.2, 0.25) is 0 Å². The fraction of sp³-hybridized carbons (Fsp3) is 0.211. The van der Waals surface area contributed by atoms with E-state index in [9.17, 15) is 0 Å². The van der Waals surface area contributed by atoms with E-state index in [0.717, 1.165) is 27.3 Å². The summed E-state index contributed by atoms with van der Waals surface area (Å²) in [6.45, 7) is 8.31. The summed E-state index contributed by atoms with van der Waals surface area (Å²) in [6, 6.07) is 8.38. The summed E-state index contributed by atoms with van der Waals surface area (Å²) in [5, 5.41) is 5.52. The maximum Gasteiger partial charge on any atom is 0.168 e. The number of hydrogen-bond donors (Lipinski definition) is 1. The third-order valence-electron chi connectivity index (χ3n) is 4.50. The number of rotatable bonds is 2. The van der Waals surface area contributed by atoms with Gasteiger partial charge in [-0.25, -0.2) is 9.97 Å². The average molecular weight is 349 g/mol. The van der Waals surface area contributed by atoms with E-state index in [-0.39, 0.29) is 0 Å². The van der Waals surface area contributed by atoms with Gasteiger partial charge in [0.15, 0.2) is 5.82 Å². The zero-order chi connectivity index (χ0) is 17.7. The zero-order valence-electron chi connectivity index (χ0n) is 14.7. The van der Waals surface area contributed by atoms with Gasteiger partial charge in [0.25, 0.3) is 0 Å². The molecule has 0 spiro atoms. The highest BCUT2D eigenvalue weighted by Gasteiger charge is 2.19. The topological polar surface area (TPSA) is 69.6 Å². The number of nitrogen functional groups attached to an aromatic ring is 1. The van der Waals surface area contributed by atoms with Crippen LogP contribution in [0.15, 0.2) is 30.6 Å². The van der Waals surface area contributed by atoms with Gasteiger partial charge in [0.1, 0.15) is 17.0 Å². The summed E-state index contributed by atoms with van der Waals surface area (Å²) in [5.41, 5.74) is 11.9. The van der Waals surface area contributed by atoms with Crippen molar-refractivity contribution in [3.05, 3.63) is 52.3 Å². The fourth-order valence-electron chi connectivity index (χ4n) is 3.12. The van der Waals surface area contributed by atoms with Gasteiger partial charge in [-0.15, -0.1) is 11.3 Å². The van der Waals surface area contributed by atoms with Crippen LogP contribution >= 0.6 is 11.3 Å². The summed E-state index contributed by atoms with van der Waals surface area (Å²) in [6.07, 6.45) is 1.58. The van der Waals surface area contributed by atoms with E-state index in [2.05, 4.69) is 54.0 Å². The molecular formula is C19H19N5S. The lowest BCUT2D eigenvalue weighted by molar-refractivity contribution is 0.846. The smallest absolute Gasteiger partial charge is 0.168 e. The van der Waals surface area contributed by atoms with Gasteiger partial charge in [-0.05, 0) is 44.4 Å². The Hall–Kier alpha value is -2.73. The highest BCUT2D eigenvalue weighted by molar-refractivity contribution is 7.19. The Balaban J connectivity index is 2.07. The van der Waals surface area contributed by atoms with Crippen molar-refractivity contribution in [2.75, 3.05) is 5.73 Å². The van der Waals surface area contributed by atoms with Crippen LogP contribution in [0.25, 0.3) is 27.2 Å². The van der Waals surface area contributed by atoms with Crippen molar-refractivity contribution in [3.63, 3.8) is 0 Å². The minimum atomic E-state index is 0.576. The van der Waals surface area contributed by atoms with E-state index < -0.39 is 0 Å². The first-order chi connectivity index (χ1) is 12.0. The maximum absolute atomic E-state index is 6.15. The normalized spacial score (nSPS) is 11.4. The number of anilines is 1. The van der Waals surface area contributed by atoms with Crippen LogP contribution in [-0.2, 0) is 0 Å². The molecule has 2 N–H and O–H groups in total. The zero-order valence-corrected chi connectivity index (χ0v) is 15.5. The van der Waals surface area contributed by atoms with E-state index in [1.54, 1.807) is 22.3 Å². The molecule has 0 saturated heterocycles. The molecular weight excluding hydrogens is 330 g/mol. The molecule has 0 saturated carbocycles. The first-order valence-electron chi connectivity index (χ1n) is 8.10. The molecule has 0 radical (unpaired) electrons. The standard InChI is InChI=1S/C19H19N5S/c1-10-5-6-14(7-11(10)2)16-13(4)25-19-17(16)18(21-9-22-19)24-15(20)8-12(3)23-24/h5-9H,20H2,1-4H3. The Morgan fingerprint density at radius 1 is 1.00 bits per heavy atom. The molecule has 3 heterocycles. The van der Waals surface area contributed by atoms with Crippen molar-refractivity contribution in [2.24, 2.45) is 0 Å². The molecule has 0 amide bonds. The van der Waals surface area contributed by atoms with Crippen molar-refractivity contribution in [2.45, 2.75) is 27.7 Å². The molecule has 0 fully saturated rings. The van der Waals surface area contributed by atoms with Crippen molar-refractivity contribution in [1.29, 1.82) is 0 Å². The predicted octanol–water partition coefficient (Wildman–Crippen LogP) is 4.36. The second kappa shape index (κ2) is 5.67. The minimum Gasteiger partial charge on any atom is -0.384 e. The summed E-state index contributed by atoms with van der Waals surface area (Å²) >= 11 is 1.67. The van der Waals surface area contributed by atoms with E-state index in [1.807, 2.05) is 13.0 Å². The summed E-state index contributed by atoms with van der Waals surface area (Å²) in [7, 11) is 0. The third kappa shape index (κ3) is 2.49. The lowest BCUT2D eigenvalue weighted by atomic mass is 9.99. The van der Waals surface area contributed by atoms with E-state index in [4.69, 9.17) is 5.73 Å². The first kappa shape index (κ1) is 15.8. The number of thiophene rings is 1. The van der Waals surface area contributed by atoms with Crippen LogP contribution in [0.3, 0.4) is 0 Å². The molecule has 4 aromatic rings. The fourth-order valence-corrected chi connectivity index (χ4v) is 4.13. The van der Waals surface area contributed by atoms with E-state index >= 15 is 0 Å². The summed E-state index contributed by atoms with van der Waals surface area (Å²) in [5.74, 6) is 1.31. The van der Waals surface area contributed by atoms with Crippen molar-refractivity contribution < 1.29 is 0 Å². The Bertz CT molecular complexity index is 1110. The molecule has 0 aliphatic carbocycles. The van der Waals surface area contributed by atoms with Gasteiger partial charge in [0.05, 0.1) is 11.1 Å². The van der Waals surface area contributed by atoms with Gasteiger partial charge in [-0.3, -0.25) is 0 Å². The minimum absolute atomic E-state index is 0.576. The number of nitrogens with zero attached hydrogens (tertiary/aromatic N) is 4. The molecule has 0 bridgehead atoms. The predicted molar refractivity (Wildman–Crippen MR) is 103 cm³/mol. The maximum atomic E-state index is 6.15. The van der Waals surface area contributed by atoms with Crippen LogP contribution in [0.4, 0.5) is 5.82 Å². The molecule has 0 aliphatic rings. The van der Waals surface area contributed by atoms with Crippen molar-refractivity contribution in [1.82, 2.24) is 19.7 Å². The highest BCUT2D eigenvalue weighted by atomic mass is 32.1. The molecule has 4 rings (SSSR count). The Kier molecular flexibility index (Phi) is 3.58. The monoisotopic (exact) mass is 349 g/mol. The second-order valence-electron chi connectivity index (χ2n) is 6.33.